The van der Waals surface area contributed by atoms with Crippen LogP contribution in [0.4, 0.5) is 0 Å². The van der Waals surface area contributed by atoms with Gasteiger partial charge in [0.15, 0.2) is 5.58 Å². The number of aromatic nitrogens is 1. The summed E-state index contributed by atoms with van der Waals surface area (Å²) in [6, 6.07) is 5.91. The molecule has 17 heavy (non-hydrogen) atoms. The first-order valence-corrected chi connectivity index (χ1v) is 6.07. The lowest BCUT2D eigenvalue weighted by atomic mass is 9.79. The first-order valence-electron chi connectivity index (χ1n) is 6.07. The lowest BCUT2D eigenvalue weighted by molar-refractivity contribution is 0.453. The van der Waals surface area contributed by atoms with Crippen LogP contribution in [0.2, 0.25) is 0 Å². The molecule has 0 bridgehead atoms. The molecule has 4 nitrogen and oxygen atoms in total. The van der Waals surface area contributed by atoms with Crippen molar-refractivity contribution < 1.29 is 4.42 Å². The normalized spacial score (nSPS) is 18.9. The summed E-state index contributed by atoms with van der Waals surface area (Å²) in [6.07, 6.45) is 4.74. The Balaban J connectivity index is 2.13. The Morgan fingerprint density at radius 2 is 2.12 bits per heavy atom. The van der Waals surface area contributed by atoms with Crippen LogP contribution in [0.25, 0.3) is 11.1 Å². The molecule has 0 atom stereocenters. The summed E-state index contributed by atoms with van der Waals surface area (Å²) >= 11 is 0. The minimum Gasteiger partial charge on any atom is -0.408 e. The number of H-pyrrole nitrogens is 1. The van der Waals surface area contributed by atoms with E-state index < -0.39 is 5.76 Å². The molecule has 4 heteroatoms. The first-order chi connectivity index (χ1) is 8.23. The lowest BCUT2D eigenvalue weighted by Gasteiger charge is -2.27. The summed E-state index contributed by atoms with van der Waals surface area (Å²) in [5.41, 5.74) is 8.66. The van der Waals surface area contributed by atoms with Gasteiger partial charge < -0.3 is 10.2 Å². The molecule has 3 rings (SSSR count). The third kappa shape index (κ3) is 1.60. The molecule has 0 amide bonds. The van der Waals surface area contributed by atoms with Gasteiger partial charge in [-0.3, -0.25) is 4.98 Å². The summed E-state index contributed by atoms with van der Waals surface area (Å²) in [6.45, 7) is 0.667. The van der Waals surface area contributed by atoms with Crippen LogP contribution < -0.4 is 11.5 Å². The molecule has 0 radical (unpaired) electrons. The largest absolute Gasteiger partial charge is 0.417 e. The van der Waals surface area contributed by atoms with Gasteiger partial charge in [0.1, 0.15) is 0 Å². The van der Waals surface area contributed by atoms with E-state index in [1.165, 1.54) is 18.4 Å². The fourth-order valence-electron chi connectivity index (χ4n) is 2.94. The van der Waals surface area contributed by atoms with Crippen molar-refractivity contribution >= 4 is 11.1 Å². The summed E-state index contributed by atoms with van der Waals surface area (Å²) in [5, 5.41) is 0. The van der Waals surface area contributed by atoms with E-state index in [0.29, 0.717) is 12.1 Å². The summed E-state index contributed by atoms with van der Waals surface area (Å²) in [5.74, 6) is -0.398. The van der Waals surface area contributed by atoms with Gasteiger partial charge in [-0.25, -0.2) is 4.79 Å². The highest BCUT2D eigenvalue weighted by Crippen LogP contribution is 2.40. The lowest BCUT2D eigenvalue weighted by Crippen LogP contribution is -2.31. The van der Waals surface area contributed by atoms with Gasteiger partial charge in [-0.05, 0) is 30.5 Å². The highest BCUT2D eigenvalue weighted by molar-refractivity contribution is 5.73. The Morgan fingerprint density at radius 1 is 1.35 bits per heavy atom. The van der Waals surface area contributed by atoms with Crippen LogP contribution in [0.5, 0.6) is 0 Å². The molecule has 1 heterocycles. The van der Waals surface area contributed by atoms with Crippen LogP contribution >= 0.6 is 0 Å². The molecule has 0 spiro atoms. The molecule has 0 unspecified atom stereocenters. The third-order valence-corrected chi connectivity index (χ3v) is 3.98. The summed E-state index contributed by atoms with van der Waals surface area (Å²) < 4.78 is 5.01. The van der Waals surface area contributed by atoms with E-state index in [-0.39, 0.29) is 5.41 Å². The van der Waals surface area contributed by atoms with Gasteiger partial charge in [0.25, 0.3) is 0 Å². The Kier molecular flexibility index (Phi) is 2.33. The average Bonchev–Trinajstić information content (AvgIpc) is 2.93. The minimum absolute atomic E-state index is 0.0996. The zero-order valence-electron chi connectivity index (χ0n) is 9.66. The van der Waals surface area contributed by atoms with Crippen molar-refractivity contribution in [2.45, 2.75) is 31.1 Å². The van der Waals surface area contributed by atoms with Crippen molar-refractivity contribution in [1.29, 1.82) is 0 Å². The van der Waals surface area contributed by atoms with Gasteiger partial charge in [0.05, 0.1) is 5.52 Å². The van der Waals surface area contributed by atoms with E-state index in [0.717, 1.165) is 18.4 Å². The maximum Gasteiger partial charge on any atom is 0.417 e. The minimum atomic E-state index is -0.398. The number of fused-ring (bicyclic) bond motifs is 1. The number of oxazole rings is 1. The molecular formula is C13H16N2O2. The van der Waals surface area contributed by atoms with E-state index >= 15 is 0 Å². The molecule has 1 aliphatic rings. The van der Waals surface area contributed by atoms with Gasteiger partial charge in [0.2, 0.25) is 0 Å². The number of hydrogen-bond acceptors (Lipinski definition) is 3. The number of rotatable bonds is 2. The molecule has 1 saturated carbocycles. The Morgan fingerprint density at radius 3 is 2.82 bits per heavy atom. The Labute approximate surface area is 98.8 Å². The van der Waals surface area contributed by atoms with E-state index in [1.54, 1.807) is 0 Å². The molecule has 0 saturated heterocycles. The third-order valence-electron chi connectivity index (χ3n) is 3.98. The van der Waals surface area contributed by atoms with Gasteiger partial charge in [-0.2, -0.15) is 0 Å². The second-order valence-corrected chi connectivity index (χ2v) is 4.92. The fraction of sp³-hybridized carbons (Fsp3) is 0.462. The van der Waals surface area contributed by atoms with Crippen molar-refractivity contribution in [3.05, 3.63) is 34.3 Å². The SMILES string of the molecule is NCC1(c2ccc3oc(=O)[nH]c3c2)CCCC1. The molecular weight excluding hydrogens is 216 g/mol. The van der Waals surface area contributed by atoms with E-state index in [1.807, 2.05) is 18.2 Å². The zero-order valence-corrected chi connectivity index (χ0v) is 9.66. The van der Waals surface area contributed by atoms with Gasteiger partial charge in [-0.1, -0.05) is 18.9 Å². The van der Waals surface area contributed by atoms with Crippen molar-refractivity contribution in [1.82, 2.24) is 4.98 Å². The van der Waals surface area contributed by atoms with Crippen LogP contribution in [-0.4, -0.2) is 11.5 Å². The highest BCUT2D eigenvalue weighted by atomic mass is 16.4. The second kappa shape index (κ2) is 3.74. The van der Waals surface area contributed by atoms with Crippen molar-refractivity contribution in [2.24, 2.45) is 5.73 Å². The second-order valence-electron chi connectivity index (χ2n) is 4.92. The number of hydrogen-bond donors (Lipinski definition) is 2. The van der Waals surface area contributed by atoms with Gasteiger partial charge >= 0.3 is 5.76 Å². The Bertz CT molecular complexity index is 591. The maximum atomic E-state index is 11.1. The first kappa shape index (κ1) is 10.6. The molecule has 1 aromatic carbocycles. The predicted octanol–water partition coefficient (Wildman–Crippen LogP) is 1.89. The Hall–Kier alpha value is -1.55. The zero-order chi connectivity index (χ0) is 11.9. The highest BCUT2D eigenvalue weighted by Gasteiger charge is 2.34. The van der Waals surface area contributed by atoms with E-state index in [4.69, 9.17) is 10.2 Å². The van der Waals surface area contributed by atoms with Crippen molar-refractivity contribution in [2.75, 3.05) is 6.54 Å². The molecule has 90 valence electrons. The fourth-order valence-corrected chi connectivity index (χ4v) is 2.94. The number of benzene rings is 1. The smallest absolute Gasteiger partial charge is 0.408 e. The van der Waals surface area contributed by atoms with Gasteiger partial charge in [-0.15, -0.1) is 0 Å². The van der Waals surface area contributed by atoms with Crippen molar-refractivity contribution in [3.63, 3.8) is 0 Å². The summed E-state index contributed by atoms with van der Waals surface area (Å²) in [7, 11) is 0. The van der Waals surface area contributed by atoms with Crippen LogP contribution in [-0.2, 0) is 5.41 Å². The molecule has 0 aliphatic heterocycles. The van der Waals surface area contributed by atoms with Crippen LogP contribution in [0.3, 0.4) is 0 Å². The molecule has 1 aromatic heterocycles. The van der Waals surface area contributed by atoms with Crippen molar-refractivity contribution in [3.8, 4) is 0 Å². The van der Waals surface area contributed by atoms with E-state index in [2.05, 4.69) is 4.98 Å². The predicted molar refractivity (Wildman–Crippen MR) is 66.0 cm³/mol. The standard InChI is InChI=1S/C13H16N2O2/c14-8-13(5-1-2-6-13)9-3-4-11-10(7-9)15-12(16)17-11/h3-4,7H,1-2,5-6,8,14H2,(H,15,16). The van der Waals surface area contributed by atoms with Crippen LogP contribution in [0.15, 0.2) is 27.4 Å². The number of nitrogens with one attached hydrogen (secondary N) is 1. The maximum absolute atomic E-state index is 11.1. The van der Waals surface area contributed by atoms with E-state index in [9.17, 15) is 4.79 Å². The van der Waals surface area contributed by atoms with Crippen LogP contribution in [0, 0.1) is 0 Å². The molecule has 1 aliphatic carbocycles. The quantitative estimate of drug-likeness (QED) is 0.830. The summed E-state index contributed by atoms with van der Waals surface area (Å²) in [4.78, 5) is 13.8. The number of aromatic amines is 1. The topological polar surface area (TPSA) is 72.0 Å². The van der Waals surface area contributed by atoms with Gasteiger partial charge in [0, 0.05) is 12.0 Å². The van der Waals surface area contributed by atoms with Crippen LogP contribution in [0.1, 0.15) is 31.2 Å². The average molecular weight is 232 g/mol. The number of nitrogens with two attached hydrogens (primary N) is 1. The molecule has 3 N–H and O–H groups in total. The molecule has 1 fully saturated rings. The molecule has 2 aromatic rings. The monoisotopic (exact) mass is 232 g/mol.